The molecule has 1 aromatic heterocycles. The van der Waals surface area contributed by atoms with Crippen molar-refractivity contribution in [3.05, 3.63) is 11.6 Å². The zero-order valence-corrected chi connectivity index (χ0v) is 15.5. The maximum Gasteiger partial charge on any atom is 0.223 e. The third-order valence-electron chi connectivity index (χ3n) is 5.89. The topological polar surface area (TPSA) is 85.8 Å². The summed E-state index contributed by atoms with van der Waals surface area (Å²) in [6, 6.07) is 0.317. The number of hydrogen-bond acceptors (Lipinski definition) is 4. The lowest BCUT2D eigenvalue weighted by atomic mass is 9.65. The molecule has 2 heterocycles. The molecule has 0 saturated heterocycles. The van der Waals surface area contributed by atoms with Crippen molar-refractivity contribution < 1.29 is 4.79 Å². The summed E-state index contributed by atoms with van der Waals surface area (Å²) in [5.74, 6) is 3.35. The van der Waals surface area contributed by atoms with E-state index < -0.39 is 0 Å². The fourth-order valence-electron chi connectivity index (χ4n) is 4.66. The molecule has 2 unspecified atom stereocenters. The third-order valence-corrected chi connectivity index (χ3v) is 5.89. The molecule has 2 fully saturated rings. The first kappa shape index (κ1) is 19.5. The van der Waals surface area contributed by atoms with Crippen LogP contribution in [0.1, 0.15) is 50.2 Å². The van der Waals surface area contributed by atoms with Crippen LogP contribution in [0.25, 0.3) is 0 Å². The van der Waals surface area contributed by atoms with Crippen molar-refractivity contribution in [3.8, 4) is 0 Å². The van der Waals surface area contributed by atoms with E-state index in [9.17, 15) is 4.79 Å². The zero-order chi connectivity index (χ0) is 15.1. The van der Waals surface area contributed by atoms with Crippen LogP contribution >= 0.6 is 24.8 Å². The van der Waals surface area contributed by atoms with Crippen LogP contribution in [0.4, 0.5) is 0 Å². The molecule has 4 rings (SSSR count). The molecule has 1 aliphatic heterocycles. The van der Waals surface area contributed by atoms with Crippen LogP contribution in [-0.4, -0.2) is 26.7 Å². The number of nitrogens with one attached hydrogen (secondary N) is 1. The summed E-state index contributed by atoms with van der Waals surface area (Å²) in [5.41, 5.74) is 6.31. The van der Waals surface area contributed by atoms with E-state index in [1.165, 1.54) is 19.3 Å². The molecule has 0 radical (unpaired) electrons. The highest BCUT2D eigenvalue weighted by Gasteiger charge is 2.40. The van der Waals surface area contributed by atoms with E-state index in [1.54, 1.807) is 0 Å². The zero-order valence-electron chi connectivity index (χ0n) is 13.8. The van der Waals surface area contributed by atoms with E-state index in [0.717, 1.165) is 43.9 Å². The molecule has 2 bridgehead atoms. The number of carbonyl (C=O) groups is 1. The standard InChI is InChI=1S/C16H25N5O.2ClH/c17-15-10-3-1-4-11(15)8-12(7-10)16(22)18-9-14-20-19-13-5-2-6-21(13)14;;/h10-12,15H,1-9,17H2,(H,18,22);2*1H. The van der Waals surface area contributed by atoms with Gasteiger partial charge >= 0.3 is 0 Å². The van der Waals surface area contributed by atoms with Crippen LogP contribution in [0.5, 0.6) is 0 Å². The predicted octanol–water partition coefficient (Wildman–Crippen LogP) is 1.84. The van der Waals surface area contributed by atoms with E-state index in [4.69, 9.17) is 5.73 Å². The monoisotopic (exact) mass is 375 g/mol. The van der Waals surface area contributed by atoms with Gasteiger partial charge < -0.3 is 15.6 Å². The number of fused-ring (bicyclic) bond motifs is 3. The molecular formula is C16H27Cl2N5O. The average Bonchev–Trinajstić information content (AvgIpc) is 3.08. The van der Waals surface area contributed by atoms with E-state index in [2.05, 4.69) is 20.1 Å². The Labute approximate surface area is 155 Å². The second-order valence-electron chi connectivity index (χ2n) is 7.20. The highest BCUT2D eigenvalue weighted by atomic mass is 35.5. The van der Waals surface area contributed by atoms with Crippen LogP contribution in [0.2, 0.25) is 0 Å². The molecule has 2 saturated carbocycles. The molecule has 24 heavy (non-hydrogen) atoms. The number of carbonyl (C=O) groups excluding carboxylic acids is 1. The number of nitrogens with two attached hydrogens (primary N) is 1. The molecule has 2 aliphatic carbocycles. The number of amides is 1. The van der Waals surface area contributed by atoms with Crippen molar-refractivity contribution in [3.63, 3.8) is 0 Å². The van der Waals surface area contributed by atoms with Gasteiger partial charge in [0.2, 0.25) is 5.91 Å². The van der Waals surface area contributed by atoms with Gasteiger partial charge in [-0.15, -0.1) is 35.0 Å². The Bertz CT molecular complexity index is 565. The Morgan fingerprint density at radius 2 is 1.88 bits per heavy atom. The molecule has 3 aliphatic rings. The van der Waals surface area contributed by atoms with Crippen LogP contribution in [0.3, 0.4) is 0 Å². The minimum absolute atomic E-state index is 0. The number of aryl methyl sites for hydroxylation is 1. The summed E-state index contributed by atoms with van der Waals surface area (Å²) in [5, 5.41) is 11.5. The van der Waals surface area contributed by atoms with E-state index >= 15 is 0 Å². The molecule has 1 amide bonds. The Hall–Kier alpha value is -0.850. The smallest absolute Gasteiger partial charge is 0.223 e. The van der Waals surface area contributed by atoms with Crippen molar-refractivity contribution in [2.45, 2.75) is 64.1 Å². The van der Waals surface area contributed by atoms with Gasteiger partial charge in [0.1, 0.15) is 5.82 Å². The van der Waals surface area contributed by atoms with Gasteiger partial charge in [0.15, 0.2) is 5.82 Å². The van der Waals surface area contributed by atoms with Crippen molar-refractivity contribution in [2.24, 2.45) is 23.5 Å². The quantitative estimate of drug-likeness (QED) is 0.843. The van der Waals surface area contributed by atoms with E-state index in [1.807, 2.05) is 0 Å². The van der Waals surface area contributed by atoms with E-state index in [0.29, 0.717) is 24.4 Å². The first-order valence-corrected chi connectivity index (χ1v) is 8.66. The lowest BCUT2D eigenvalue weighted by Crippen LogP contribution is -2.49. The summed E-state index contributed by atoms with van der Waals surface area (Å²) in [7, 11) is 0. The Kier molecular flexibility index (Phi) is 6.51. The summed E-state index contributed by atoms with van der Waals surface area (Å²) < 4.78 is 2.14. The maximum atomic E-state index is 12.5. The number of aromatic nitrogens is 3. The summed E-state index contributed by atoms with van der Waals surface area (Å²) in [6.45, 7) is 1.49. The van der Waals surface area contributed by atoms with Crippen LogP contribution in [0, 0.1) is 17.8 Å². The first-order chi connectivity index (χ1) is 10.7. The molecular weight excluding hydrogens is 349 g/mol. The normalized spacial score (nSPS) is 30.7. The van der Waals surface area contributed by atoms with Crippen molar-refractivity contribution in [1.29, 1.82) is 0 Å². The average molecular weight is 376 g/mol. The molecule has 3 N–H and O–H groups in total. The van der Waals surface area contributed by atoms with Crippen LogP contribution < -0.4 is 11.1 Å². The number of hydrogen-bond donors (Lipinski definition) is 2. The SMILES string of the molecule is Cl.Cl.NC1C2CCCC1CC(C(=O)NCc1nnc3n1CCC3)C2. The molecule has 0 spiro atoms. The lowest BCUT2D eigenvalue weighted by molar-refractivity contribution is -0.128. The van der Waals surface area contributed by atoms with Gasteiger partial charge in [-0.2, -0.15) is 0 Å². The van der Waals surface area contributed by atoms with E-state index in [-0.39, 0.29) is 36.6 Å². The second-order valence-corrected chi connectivity index (χ2v) is 7.20. The number of rotatable bonds is 3. The number of nitrogens with zero attached hydrogens (tertiary/aromatic N) is 3. The van der Waals surface area contributed by atoms with Gasteiger partial charge in [-0.25, -0.2) is 0 Å². The molecule has 0 aromatic carbocycles. The third kappa shape index (κ3) is 3.55. The fraction of sp³-hybridized carbons (Fsp3) is 0.812. The van der Waals surface area contributed by atoms with Gasteiger partial charge in [-0.05, 0) is 43.9 Å². The highest BCUT2D eigenvalue weighted by molar-refractivity contribution is 5.85. The van der Waals surface area contributed by atoms with Gasteiger partial charge in [-0.3, -0.25) is 4.79 Å². The summed E-state index contributed by atoms with van der Waals surface area (Å²) in [4.78, 5) is 12.5. The molecule has 1 aromatic rings. The molecule has 136 valence electrons. The van der Waals surface area contributed by atoms with Crippen LogP contribution in [0.15, 0.2) is 0 Å². The van der Waals surface area contributed by atoms with Crippen LogP contribution in [-0.2, 0) is 24.3 Å². The Morgan fingerprint density at radius 3 is 2.58 bits per heavy atom. The van der Waals surface area contributed by atoms with Crippen molar-refractivity contribution in [1.82, 2.24) is 20.1 Å². The fourth-order valence-corrected chi connectivity index (χ4v) is 4.66. The van der Waals surface area contributed by atoms with Gasteiger partial charge in [0.05, 0.1) is 6.54 Å². The van der Waals surface area contributed by atoms with Crippen molar-refractivity contribution in [2.75, 3.05) is 0 Å². The number of halogens is 2. The largest absolute Gasteiger partial charge is 0.349 e. The summed E-state index contributed by atoms with van der Waals surface area (Å²) in [6.07, 6.45) is 7.73. The maximum absolute atomic E-state index is 12.5. The predicted molar refractivity (Wildman–Crippen MR) is 96.2 cm³/mol. The highest BCUT2D eigenvalue weighted by Crippen LogP contribution is 2.41. The minimum Gasteiger partial charge on any atom is -0.349 e. The first-order valence-electron chi connectivity index (χ1n) is 8.66. The minimum atomic E-state index is 0. The Morgan fingerprint density at radius 1 is 1.17 bits per heavy atom. The lowest BCUT2D eigenvalue weighted by Gasteiger charge is -2.43. The van der Waals surface area contributed by atoms with Gasteiger partial charge in [-0.1, -0.05) is 6.42 Å². The second kappa shape index (κ2) is 8.02. The molecule has 8 heteroatoms. The molecule has 6 nitrogen and oxygen atoms in total. The summed E-state index contributed by atoms with van der Waals surface area (Å²) >= 11 is 0. The van der Waals surface area contributed by atoms with Gasteiger partial charge in [0, 0.05) is 24.9 Å². The van der Waals surface area contributed by atoms with Crippen molar-refractivity contribution >= 4 is 30.7 Å². The molecule has 2 atom stereocenters. The van der Waals surface area contributed by atoms with Gasteiger partial charge in [0.25, 0.3) is 0 Å². The Balaban J connectivity index is 0.00000104.